The Bertz CT molecular complexity index is 525. The first-order valence-corrected chi connectivity index (χ1v) is 9.17. The molecular weight excluding hydrogens is 421 g/mol. The van der Waals surface area contributed by atoms with E-state index in [1.165, 1.54) is 23.5 Å². The zero-order valence-corrected chi connectivity index (χ0v) is 15.0. The van der Waals surface area contributed by atoms with Gasteiger partial charge in [0.15, 0.2) is 0 Å². The average molecular weight is 436 g/mol. The summed E-state index contributed by atoms with van der Waals surface area (Å²) < 4.78 is 31.8. The molecule has 1 aromatic rings. The van der Waals surface area contributed by atoms with E-state index < -0.39 is 10.0 Å². The van der Waals surface area contributed by atoms with Crippen LogP contribution in [0.2, 0.25) is 5.02 Å². The van der Waals surface area contributed by atoms with Crippen LogP contribution in [-0.4, -0.2) is 44.9 Å². The average Bonchev–Trinajstić information content (AvgIpc) is 2.37. The minimum atomic E-state index is -3.54. The first kappa shape index (κ1) is 17.4. The van der Waals surface area contributed by atoms with Crippen molar-refractivity contribution in [1.82, 2.24) is 4.31 Å². The van der Waals surface area contributed by atoms with Gasteiger partial charge in [-0.3, -0.25) is 0 Å². The first-order valence-electron chi connectivity index (χ1n) is 5.43. The molecular formula is C11H14Br2ClNO3S. The van der Waals surface area contributed by atoms with Crippen molar-refractivity contribution in [2.45, 2.75) is 4.90 Å². The van der Waals surface area contributed by atoms with Gasteiger partial charge >= 0.3 is 0 Å². The molecule has 19 heavy (non-hydrogen) atoms. The highest BCUT2D eigenvalue weighted by atomic mass is 79.9. The minimum absolute atomic E-state index is 0.209. The fourth-order valence-corrected chi connectivity index (χ4v) is 4.19. The van der Waals surface area contributed by atoms with Crippen LogP contribution in [0.4, 0.5) is 0 Å². The fourth-order valence-electron chi connectivity index (χ4n) is 1.43. The Morgan fingerprint density at radius 2 is 2.05 bits per heavy atom. The predicted octanol–water partition coefficient (Wildman–Crippen LogP) is 3.13. The maximum absolute atomic E-state index is 12.5. The van der Waals surface area contributed by atoms with Gasteiger partial charge in [-0.15, -0.1) is 0 Å². The smallest absolute Gasteiger partial charge is 0.243 e. The summed E-state index contributed by atoms with van der Waals surface area (Å²) in [4.78, 5) is 0.209. The van der Waals surface area contributed by atoms with Crippen molar-refractivity contribution >= 4 is 53.5 Å². The van der Waals surface area contributed by atoms with Gasteiger partial charge < -0.3 is 4.74 Å². The van der Waals surface area contributed by atoms with Crippen molar-refractivity contribution in [2.24, 2.45) is 0 Å². The lowest BCUT2D eigenvalue weighted by molar-refractivity contribution is 0.181. The molecule has 1 rings (SSSR count). The van der Waals surface area contributed by atoms with Gasteiger partial charge in [-0.1, -0.05) is 27.5 Å². The molecule has 0 aromatic heterocycles. The van der Waals surface area contributed by atoms with Crippen LogP contribution in [0.5, 0.6) is 0 Å². The molecule has 0 spiro atoms. The molecule has 0 amide bonds. The van der Waals surface area contributed by atoms with Crippen molar-refractivity contribution in [3.8, 4) is 0 Å². The summed E-state index contributed by atoms with van der Waals surface area (Å²) in [6, 6.07) is 4.56. The van der Waals surface area contributed by atoms with Crippen LogP contribution >= 0.6 is 43.5 Å². The highest BCUT2D eigenvalue weighted by molar-refractivity contribution is 9.10. The van der Waals surface area contributed by atoms with Gasteiger partial charge in [0.05, 0.1) is 16.5 Å². The highest BCUT2D eigenvalue weighted by Gasteiger charge is 2.24. The Labute approximate surface area is 135 Å². The lowest BCUT2D eigenvalue weighted by atomic mass is 10.4. The predicted molar refractivity (Wildman–Crippen MR) is 83.6 cm³/mol. The molecule has 0 aliphatic carbocycles. The van der Waals surface area contributed by atoms with Crippen LogP contribution in [0.1, 0.15) is 0 Å². The number of alkyl halides is 1. The number of benzene rings is 1. The lowest BCUT2D eigenvalue weighted by Crippen LogP contribution is -2.35. The third-order valence-corrected chi connectivity index (χ3v) is 5.87. The number of methoxy groups -OCH3 is 1. The number of nitrogens with zero attached hydrogens (tertiary/aromatic N) is 1. The maximum atomic E-state index is 12.5. The molecule has 0 fully saturated rings. The first-order chi connectivity index (χ1) is 8.93. The molecule has 0 heterocycles. The normalized spacial score (nSPS) is 12.1. The van der Waals surface area contributed by atoms with Crippen LogP contribution in [0, 0.1) is 0 Å². The van der Waals surface area contributed by atoms with E-state index in [2.05, 4.69) is 31.9 Å². The summed E-state index contributed by atoms with van der Waals surface area (Å²) in [5.41, 5.74) is 0. The Kier molecular flexibility index (Phi) is 7.28. The summed E-state index contributed by atoms with van der Waals surface area (Å²) in [6.07, 6.45) is 0. The molecule has 0 aliphatic heterocycles. The quantitative estimate of drug-likeness (QED) is 0.619. The van der Waals surface area contributed by atoms with E-state index in [-0.39, 0.29) is 4.90 Å². The number of hydrogen-bond acceptors (Lipinski definition) is 3. The number of sulfonamides is 1. The third kappa shape index (κ3) is 4.68. The van der Waals surface area contributed by atoms with E-state index in [4.69, 9.17) is 16.3 Å². The summed E-state index contributed by atoms with van der Waals surface area (Å²) in [7, 11) is -2.00. The third-order valence-electron chi connectivity index (χ3n) is 2.41. The summed E-state index contributed by atoms with van der Waals surface area (Å²) in [5.74, 6) is 0. The molecule has 0 radical (unpaired) electrons. The maximum Gasteiger partial charge on any atom is 0.243 e. The largest absolute Gasteiger partial charge is 0.383 e. The fraction of sp³-hybridized carbons (Fsp3) is 0.455. The van der Waals surface area contributed by atoms with Gasteiger partial charge in [-0.25, -0.2) is 8.42 Å². The van der Waals surface area contributed by atoms with Gasteiger partial charge in [0.25, 0.3) is 0 Å². The van der Waals surface area contributed by atoms with E-state index in [1.807, 2.05) is 0 Å². The highest BCUT2D eigenvalue weighted by Crippen LogP contribution is 2.26. The lowest BCUT2D eigenvalue weighted by Gasteiger charge is -2.21. The second-order valence-electron chi connectivity index (χ2n) is 3.66. The van der Waals surface area contributed by atoms with Gasteiger partial charge in [0.1, 0.15) is 0 Å². The number of hydrogen-bond donors (Lipinski definition) is 0. The molecule has 0 saturated carbocycles. The molecule has 0 saturated heterocycles. The van der Waals surface area contributed by atoms with E-state index in [1.54, 1.807) is 6.07 Å². The SMILES string of the molecule is COCCN(CCBr)S(=O)(=O)c1ccc(Cl)c(Br)c1. The van der Waals surface area contributed by atoms with E-state index in [9.17, 15) is 8.42 Å². The Balaban J connectivity index is 3.07. The van der Waals surface area contributed by atoms with Crippen LogP contribution < -0.4 is 0 Å². The van der Waals surface area contributed by atoms with Gasteiger partial charge in [-0.05, 0) is 34.1 Å². The van der Waals surface area contributed by atoms with Gasteiger partial charge in [0, 0.05) is 30.0 Å². The van der Waals surface area contributed by atoms with Crippen molar-refractivity contribution in [1.29, 1.82) is 0 Å². The Hall–Kier alpha value is 0.340. The van der Waals surface area contributed by atoms with E-state index in [0.717, 1.165) is 0 Å². The number of ether oxygens (including phenoxy) is 1. The number of rotatable bonds is 7. The van der Waals surface area contributed by atoms with Crippen LogP contribution in [0.15, 0.2) is 27.6 Å². The van der Waals surface area contributed by atoms with Crippen LogP contribution in [-0.2, 0) is 14.8 Å². The van der Waals surface area contributed by atoms with Gasteiger partial charge in [0.2, 0.25) is 10.0 Å². The molecule has 0 atom stereocenters. The summed E-state index contributed by atoms with van der Waals surface area (Å²) in [6.45, 7) is 1.04. The van der Waals surface area contributed by atoms with Gasteiger partial charge in [-0.2, -0.15) is 4.31 Å². The van der Waals surface area contributed by atoms with Crippen molar-refractivity contribution in [3.05, 3.63) is 27.7 Å². The zero-order valence-electron chi connectivity index (χ0n) is 10.3. The second-order valence-corrected chi connectivity index (χ2v) is 7.65. The van der Waals surface area contributed by atoms with Crippen LogP contribution in [0.25, 0.3) is 0 Å². The number of halogens is 3. The van der Waals surface area contributed by atoms with Crippen LogP contribution in [0.3, 0.4) is 0 Å². The topological polar surface area (TPSA) is 46.6 Å². The monoisotopic (exact) mass is 433 g/mol. The molecule has 0 bridgehead atoms. The Morgan fingerprint density at radius 3 is 2.58 bits per heavy atom. The molecule has 1 aromatic carbocycles. The molecule has 0 unspecified atom stereocenters. The summed E-state index contributed by atoms with van der Waals surface area (Å²) >= 11 is 12.4. The zero-order chi connectivity index (χ0) is 14.5. The van der Waals surface area contributed by atoms with E-state index in [0.29, 0.717) is 34.5 Å². The van der Waals surface area contributed by atoms with Crippen molar-refractivity contribution in [2.75, 3.05) is 32.1 Å². The van der Waals surface area contributed by atoms with Crippen molar-refractivity contribution in [3.63, 3.8) is 0 Å². The molecule has 108 valence electrons. The molecule has 0 N–H and O–H groups in total. The molecule has 0 aliphatic rings. The standard InChI is InChI=1S/C11H14Br2ClNO3S/c1-18-7-6-15(5-4-12)19(16,17)9-2-3-11(14)10(13)8-9/h2-3,8H,4-7H2,1H3. The Morgan fingerprint density at radius 1 is 1.37 bits per heavy atom. The second kappa shape index (κ2) is 7.95. The molecule has 8 heteroatoms. The molecule has 4 nitrogen and oxygen atoms in total. The minimum Gasteiger partial charge on any atom is -0.383 e. The summed E-state index contributed by atoms with van der Waals surface area (Å²) in [5, 5.41) is 1.04. The van der Waals surface area contributed by atoms with Crippen molar-refractivity contribution < 1.29 is 13.2 Å². The van der Waals surface area contributed by atoms with E-state index >= 15 is 0 Å².